The van der Waals surface area contributed by atoms with Gasteiger partial charge in [0.05, 0.1) is 5.02 Å². The third-order valence-electron chi connectivity index (χ3n) is 3.14. The van der Waals surface area contributed by atoms with Crippen LogP contribution in [-0.4, -0.2) is 29.0 Å². The summed E-state index contributed by atoms with van der Waals surface area (Å²) >= 11 is 5.72. The van der Waals surface area contributed by atoms with Crippen molar-refractivity contribution < 1.29 is 9.90 Å². The Morgan fingerprint density at radius 1 is 1.53 bits per heavy atom. The van der Waals surface area contributed by atoms with Crippen LogP contribution in [0.25, 0.3) is 0 Å². The van der Waals surface area contributed by atoms with E-state index in [4.69, 9.17) is 11.6 Å². The van der Waals surface area contributed by atoms with Crippen LogP contribution in [0.1, 0.15) is 30.1 Å². The SMILES string of the molecule is CC1CCCN(C(=O)c2ccc(Cl)c(O)c2)C1. The van der Waals surface area contributed by atoms with E-state index < -0.39 is 0 Å². The number of carbonyl (C=O) groups is 1. The smallest absolute Gasteiger partial charge is 0.253 e. The average molecular weight is 254 g/mol. The number of carbonyl (C=O) groups excluding carboxylic acids is 1. The maximum atomic E-state index is 12.2. The lowest BCUT2D eigenvalue weighted by Gasteiger charge is -2.31. The molecule has 1 fully saturated rings. The van der Waals surface area contributed by atoms with Crippen molar-refractivity contribution in [1.29, 1.82) is 0 Å². The second kappa shape index (κ2) is 4.96. The van der Waals surface area contributed by atoms with E-state index in [0.29, 0.717) is 11.5 Å². The van der Waals surface area contributed by atoms with Gasteiger partial charge in [-0.25, -0.2) is 0 Å². The molecule has 1 aliphatic rings. The van der Waals surface area contributed by atoms with E-state index in [0.717, 1.165) is 19.5 Å². The molecule has 0 aliphatic carbocycles. The minimum absolute atomic E-state index is 0.0245. The number of nitrogens with zero attached hydrogens (tertiary/aromatic N) is 1. The van der Waals surface area contributed by atoms with Crippen LogP contribution in [0.15, 0.2) is 18.2 Å². The van der Waals surface area contributed by atoms with Gasteiger partial charge in [0.1, 0.15) is 5.75 Å². The van der Waals surface area contributed by atoms with Crippen LogP contribution in [-0.2, 0) is 0 Å². The molecule has 1 aromatic carbocycles. The Balaban J connectivity index is 2.15. The summed E-state index contributed by atoms with van der Waals surface area (Å²) in [7, 11) is 0. The molecule has 1 aliphatic heterocycles. The van der Waals surface area contributed by atoms with Gasteiger partial charge in [-0.15, -0.1) is 0 Å². The number of hydrogen-bond donors (Lipinski definition) is 1. The van der Waals surface area contributed by atoms with Crippen molar-refractivity contribution in [2.45, 2.75) is 19.8 Å². The van der Waals surface area contributed by atoms with Gasteiger partial charge < -0.3 is 10.0 Å². The van der Waals surface area contributed by atoms with Crippen molar-refractivity contribution in [3.8, 4) is 5.75 Å². The van der Waals surface area contributed by atoms with Gasteiger partial charge in [0.15, 0.2) is 0 Å². The number of piperidine rings is 1. The van der Waals surface area contributed by atoms with Crippen LogP contribution in [0.5, 0.6) is 5.75 Å². The molecule has 0 radical (unpaired) electrons. The number of amides is 1. The maximum absolute atomic E-state index is 12.2. The highest BCUT2D eigenvalue weighted by molar-refractivity contribution is 6.32. The summed E-state index contributed by atoms with van der Waals surface area (Å²) in [6.45, 7) is 3.74. The molecule has 1 atom stereocenters. The highest BCUT2D eigenvalue weighted by Gasteiger charge is 2.22. The number of hydrogen-bond acceptors (Lipinski definition) is 2. The van der Waals surface area contributed by atoms with Gasteiger partial charge in [0.25, 0.3) is 5.91 Å². The normalized spacial score (nSPS) is 20.4. The van der Waals surface area contributed by atoms with E-state index in [-0.39, 0.29) is 16.7 Å². The van der Waals surface area contributed by atoms with Gasteiger partial charge in [0.2, 0.25) is 0 Å². The molecule has 3 nitrogen and oxygen atoms in total. The number of aromatic hydroxyl groups is 1. The summed E-state index contributed by atoms with van der Waals surface area (Å²) in [6.07, 6.45) is 2.22. The zero-order chi connectivity index (χ0) is 12.4. The summed E-state index contributed by atoms with van der Waals surface area (Å²) in [5.41, 5.74) is 0.501. The average Bonchev–Trinajstić information content (AvgIpc) is 2.32. The quantitative estimate of drug-likeness (QED) is 0.836. The van der Waals surface area contributed by atoms with Gasteiger partial charge in [-0.2, -0.15) is 0 Å². The van der Waals surface area contributed by atoms with E-state index >= 15 is 0 Å². The summed E-state index contributed by atoms with van der Waals surface area (Å²) < 4.78 is 0. The topological polar surface area (TPSA) is 40.5 Å². The highest BCUT2D eigenvalue weighted by Crippen LogP contribution is 2.25. The Labute approximate surface area is 106 Å². The van der Waals surface area contributed by atoms with Crippen LogP contribution in [0.4, 0.5) is 0 Å². The van der Waals surface area contributed by atoms with Gasteiger partial charge in [-0.05, 0) is 37.0 Å². The van der Waals surface area contributed by atoms with E-state index in [2.05, 4.69) is 6.92 Å². The molecule has 0 aromatic heterocycles. The predicted octanol–water partition coefficient (Wildman–Crippen LogP) is 2.92. The largest absolute Gasteiger partial charge is 0.506 e. The van der Waals surface area contributed by atoms with Crippen LogP contribution in [0.3, 0.4) is 0 Å². The Hall–Kier alpha value is -1.22. The summed E-state index contributed by atoms with van der Waals surface area (Å²) in [5.74, 6) is 0.486. The lowest BCUT2D eigenvalue weighted by Crippen LogP contribution is -2.39. The first-order chi connectivity index (χ1) is 8.08. The number of halogens is 1. The molecule has 2 rings (SSSR count). The molecule has 0 spiro atoms. The van der Waals surface area contributed by atoms with Gasteiger partial charge in [0, 0.05) is 18.7 Å². The van der Waals surface area contributed by atoms with E-state index in [1.165, 1.54) is 12.5 Å². The maximum Gasteiger partial charge on any atom is 0.253 e. The van der Waals surface area contributed by atoms with Crippen molar-refractivity contribution in [3.05, 3.63) is 28.8 Å². The standard InChI is InChI=1S/C13H16ClNO2/c1-9-3-2-6-15(8-9)13(17)10-4-5-11(14)12(16)7-10/h4-5,7,9,16H,2-3,6,8H2,1H3. The van der Waals surface area contributed by atoms with Gasteiger partial charge in [-0.3, -0.25) is 4.79 Å². The monoisotopic (exact) mass is 253 g/mol. The van der Waals surface area contributed by atoms with Crippen molar-refractivity contribution in [3.63, 3.8) is 0 Å². The number of phenols is 1. The second-order valence-corrected chi connectivity index (χ2v) is 5.07. The molecule has 1 unspecified atom stereocenters. The van der Waals surface area contributed by atoms with Crippen molar-refractivity contribution in [2.75, 3.05) is 13.1 Å². The molecule has 1 N–H and O–H groups in total. The number of benzene rings is 1. The van der Waals surface area contributed by atoms with Crippen LogP contribution in [0.2, 0.25) is 5.02 Å². The lowest BCUT2D eigenvalue weighted by atomic mass is 9.99. The first-order valence-corrected chi connectivity index (χ1v) is 6.23. The Kier molecular flexibility index (Phi) is 3.57. The predicted molar refractivity (Wildman–Crippen MR) is 67.4 cm³/mol. The molecular weight excluding hydrogens is 238 g/mol. The van der Waals surface area contributed by atoms with E-state index in [1.54, 1.807) is 12.1 Å². The van der Waals surface area contributed by atoms with Crippen LogP contribution >= 0.6 is 11.6 Å². The third kappa shape index (κ3) is 2.72. The van der Waals surface area contributed by atoms with Crippen molar-refractivity contribution in [2.24, 2.45) is 5.92 Å². The number of likely N-dealkylation sites (tertiary alicyclic amines) is 1. The fraction of sp³-hybridized carbons (Fsp3) is 0.462. The molecule has 1 saturated heterocycles. The van der Waals surface area contributed by atoms with E-state index in [9.17, 15) is 9.90 Å². The van der Waals surface area contributed by atoms with E-state index in [1.807, 2.05) is 4.90 Å². The summed E-state index contributed by atoms with van der Waals surface area (Å²) in [6, 6.07) is 4.64. The fourth-order valence-electron chi connectivity index (χ4n) is 2.20. The summed E-state index contributed by atoms with van der Waals surface area (Å²) in [4.78, 5) is 14.0. The number of rotatable bonds is 1. The second-order valence-electron chi connectivity index (χ2n) is 4.66. The van der Waals surface area contributed by atoms with Crippen molar-refractivity contribution in [1.82, 2.24) is 4.90 Å². The zero-order valence-electron chi connectivity index (χ0n) is 9.82. The first-order valence-electron chi connectivity index (χ1n) is 5.85. The molecule has 0 saturated carbocycles. The Morgan fingerprint density at radius 2 is 2.29 bits per heavy atom. The van der Waals surface area contributed by atoms with Gasteiger partial charge >= 0.3 is 0 Å². The Bertz CT molecular complexity index is 433. The van der Waals surface area contributed by atoms with Crippen LogP contribution < -0.4 is 0 Å². The zero-order valence-corrected chi connectivity index (χ0v) is 10.6. The molecule has 0 bridgehead atoms. The highest BCUT2D eigenvalue weighted by atomic mass is 35.5. The Morgan fingerprint density at radius 3 is 2.94 bits per heavy atom. The lowest BCUT2D eigenvalue weighted by molar-refractivity contribution is 0.0682. The molecule has 17 heavy (non-hydrogen) atoms. The molecule has 4 heteroatoms. The molecule has 1 amide bonds. The molecule has 1 aromatic rings. The minimum atomic E-state index is -0.0393. The van der Waals surface area contributed by atoms with Crippen LogP contribution in [0, 0.1) is 5.92 Å². The minimum Gasteiger partial charge on any atom is -0.506 e. The molecular formula is C13H16ClNO2. The fourth-order valence-corrected chi connectivity index (χ4v) is 2.32. The van der Waals surface area contributed by atoms with Crippen molar-refractivity contribution >= 4 is 17.5 Å². The van der Waals surface area contributed by atoms with Gasteiger partial charge in [-0.1, -0.05) is 18.5 Å². The third-order valence-corrected chi connectivity index (χ3v) is 3.46. The molecule has 1 heterocycles. The summed E-state index contributed by atoms with van der Waals surface area (Å²) in [5, 5.41) is 9.77. The number of phenolic OH excluding ortho intramolecular Hbond substituents is 1. The first kappa shape index (κ1) is 12.2. The molecule has 92 valence electrons.